The van der Waals surface area contributed by atoms with Crippen molar-refractivity contribution in [1.82, 2.24) is 9.88 Å². The van der Waals surface area contributed by atoms with E-state index < -0.39 is 0 Å². The predicted molar refractivity (Wildman–Crippen MR) is 137 cm³/mol. The Morgan fingerprint density at radius 2 is 1.79 bits per heavy atom. The molecule has 2 aromatic carbocycles. The van der Waals surface area contributed by atoms with Crippen molar-refractivity contribution in [2.75, 3.05) is 13.7 Å². The number of hydrogen-bond donors (Lipinski definition) is 0. The molecule has 1 atom stereocenters. The topological polar surface area (TPSA) is 38.5 Å². The summed E-state index contributed by atoms with van der Waals surface area (Å²) in [6, 6.07) is 19.2. The molecule has 5 heteroatoms. The summed E-state index contributed by atoms with van der Waals surface area (Å²) < 4.78 is 11.7. The number of benzene rings is 2. The van der Waals surface area contributed by atoms with Crippen molar-refractivity contribution >= 4 is 11.3 Å². The lowest BCUT2D eigenvalue weighted by molar-refractivity contribution is 0.204. The van der Waals surface area contributed by atoms with Gasteiger partial charge in [0.25, 0.3) is 0 Å². The number of hydrogen-bond acceptors (Lipinski definition) is 5. The summed E-state index contributed by atoms with van der Waals surface area (Å²) in [6.07, 6.45) is 6.29. The second-order valence-corrected chi connectivity index (χ2v) is 10.4. The van der Waals surface area contributed by atoms with E-state index in [-0.39, 0.29) is 6.04 Å². The van der Waals surface area contributed by atoms with E-state index in [0.29, 0.717) is 5.89 Å². The molecule has 0 saturated carbocycles. The summed E-state index contributed by atoms with van der Waals surface area (Å²) in [4.78, 5) is 10.7. The Bertz CT molecular complexity index is 1310. The van der Waals surface area contributed by atoms with Gasteiger partial charge in [0.05, 0.1) is 24.4 Å². The third-order valence-corrected chi connectivity index (χ3v) is 8.66. The fourth-order valence-corrected chi connectivity index (χ4v) is 7.17. The van der Waals surface area contributed by atoms with Crippen molar-refractivity contribution in [3.05, 3.63) is 92.5 Å². The number of thiophene rings is 1. The normalized spacial score (nSPS) is 17.9. The number of aromatic nitrogens is 1. The SMILES string of the molecule is COc1ccccc1-c1nc(CN2CCc3c(sc4c3CCCC4)C2c2ccccc2)c(C)o1. The molecular weight excluding hydrogens is 440 g/mol. The van der Waals surface area contributed by atoms with Crippen LogP contribution in [0.3, 0.4) is 0 Å². The van der Waals surface area contributed by atoms with E-state index >= 15 is 0 Å². The van der Waals surface area contributed by atoms with Crippen LogP contribution in [0.5, 0.6) is 5.75 Å². The van der Waals surface area contributed by atoms with Crippen LogP contribution in [0.25, 0.3) is 11.5 Å². The van der Waals surface area contributed by atoms with Crippen molar-refractivity contribution in [2.24, 2.45) is 0 Å². The van der Waals surface area contributed by atoms with Gasteiger partial charge < -0.3 is 9.15 Å². The maximum absolute atomic E-state index is 6.15. The molecule has 0 saturated heterocycles. The highest BCUT2D eigenvalue weighted by Gasteiger charge is 2.34. The van der Waals surface area contributed by atoms with Gasteiger partial charge in [-0.05, 0) is 67.9 Å². The number of rotatable bonds is 5. The van der Waals surface area contributed by atoms with Gasteiger partial charge in [-0.1, -0.05) is 42.5 Å². The van der Waals surface area contributed by atoms with Crippen molar-refractivity contribution in [3.8, 4) is 17.2 Å². The van der Waals surface area contributed by atoms with Gasteiger partial charge in [0, 0.05) is 22.8 Å². The van der Waals surface area contributed by atoms with Crippen LogP contribution in [0.2, 0.25) is 0 Å². The minimum absolute atomic E-state index is 0.270. The smallest absolute Gasteiger partial charge is 0.230 e. The summed E-state index contributed by atoms with van der Waals surface area (Å²) in [5.74, 6) is 2.29. The molecule has 34 heavy (non-hydrogen) atoms. The highest BCUT2D eigenvalue weighted by molar-refractivity contribution is 7.12. The number of aryl methyl sites for hydroxylation is 2. The molecule has 0 radical (unpaired) electrons. The Kier molecular flexibility index (Phi) is 5.75. The monoisotopic (exact) mass is 470 g/mol. The minimum Gasteiger partial charge on any atom is -0.496 e. The molecule has 3 heterocycles. The average Bonchev–Trinajstić information content (AvgIpc) is 3.44. The zero-order valence-electron chi connectivity index (χ0n) is 19.8. The molecular formula is C29H30N2O2S. The molecule has 2 aromatic heterocycles. The van der Waals surface area contributed by atoms with E-state index in [4.69, 9.17) is 14.1 Å². The van der Waals surface area contributed by atoms with Crippen molar-refractivity contribution in [2.45, 2.75) is 51.6 Å². The first kappa shape index (κ1) is 21.6. The first-order valence-electron chi connectivity index (χ1n) is 12.2. The molecule has 1 unspecified atom stereocenters. The summed E-state index contributed by atoms with van der Waals surface area (Å²) >= 11 is 2.06. The van der Waals surface area contributed by atoms with E-state index in [1.165, 1.54) is 31.2 Å². The second kappa shape index (κ2) is 9.05. The van der Waals surface area contributed by atoms with Gasteiger partial charge in [0.15, 0.2) is 0 Å². The number of fused-ring (bicyclic) bond motifs is 3. The van der Waals surface area contributed by atoms with Crippen LogP contribution in [0.15, 0.2) is 59.0 Å². The molecule has 2 aliphatic rings. The van der Waals surface area contributed by atoms with Crippen LogP contribution in [-0.2, 0) is 25.8 Å². The number of oxazole rings is 1. The fourth-order valence-electron chi connectivity index (χ4n) is 5.57. The molecule has 0 amide bonds. The Morgan fingerprint density at radius 3 is 2.65 bits per heavy atom. The zero-order valence-corrected chi connectivity index (χ0v) is 20.7. The molecule has 0 spiro atoms. The molecule has 1 aliphatic heterocycles. The third kappa shape index (κ3) is 3.77. The largest absolute Gasteiger partial charge is 0.496 e. The van der Waals surface area contributed by atoms with Gasteiger partial charge in [0.1, 0.15) is 11.5 Å². The van der Waals surface area contributed by atoms with E-state index in [1.807, 2.05) is 31.2 Å². The molecule has 0 N–H and O–H groups in total. The standard InChI is InChI=1S/C29H30N2O2S/c1-19-24(30-29(33-19)23-13-6-8-14-25(23)32-2)18-31-17-16-22-21-12-7-9-15-26(21)34-28(22)27(31)20-10-4-3-5-11-20/h3-6,8,10-11,13-14,27H,7,9,12,15-18H2,1-2H3. The van der Waals surface area contributed by atoms with E-state index in [1.54, 1.807) is 28.0 Å². The highest BCUT2D eigenvalue weighted by atomic mass is 32.1. The lowest BCUT2D eigenvalue weighted by atomic mass is 9.88. The van der Waals surface area contributed by atoms with E-state index in [2.05, 4.69) is 46.6 Å². The van der Waals surface area contributed by atoms with E-state index in [0.717, 1.165) is 42.3 Å². The summed E-state index contributed by atoms with van der Waals surface area (Å²) in [7, 11) is 1.69. The maximum atomic E-state index is 6.15. The van der Waals surface area contributed by atoms with Gasteiger partial charge in [-0.15, -0.1) is 11.3 Å². The number of para-hydroxylation sites is 1. The molecule has 174 valence electrons. The van der Waals surface area contributed by atoms with Crippen molar-refractivity contribution in [3.63, 3.8) is 0 Å². The van der Waals surface area contributed by atoms with Crippen LogP contribution >= 0.6 is 11.3 Å². The van der Waals surface area contributed by atoms with Gasteiger partial charge in [0.2, 0.25) is 5.89 Å². The fraction of sp³-hybridized carbons (Fsp3) is 0.345. The van der Waals surface area contributed by atoms with Crippen molar-refractivity contribution in [1.29, 1.82) is 0 Å². The van der Waals surface area contributed by atoms with Crippen LogP contribution < -0.4 is 4.74 Å². The summed E-state index contributed by atoms with van der Waals surface area (Å²) in [5.41, 5.74) is 6.57. The molecule has 4 aromatic rings. The molecule has 1 aliphatic carbocycles. The number of ether oxygens (including phenoxy) is 1. The number of methoxy groups -OCH3 is 1. The summed E-state index contributed by atoms with van der Waals surface area (Å²) in [6.45, 7) is 3.83. The van der Waals surface area contributed by atoms with Gasteiger partial charge in [-0.2, -0.15) is 0 Å². The minimum atomic E-state index is 0.270. The van der Waals surface area contributed by atoms with Crippen molar-refractivity contribution < 1.29 is 9.15 Å². The Balaban J connectivity index is 1.37. The molecule has 4 nitrogen and oxygen atoms in total. The first-order chi connectivity index (χ1) is 16.7. The van der Waals surface area contributed by atoms with Crippen LogP contribution in [-0.4, -0.2) is 23.5 Å². The van der Waals surface area contributed by atoms with Gasteiger partial charge in [-0.25, -0.2) is 4.98 Å². The Labute approximate surface area is 205 Å². The number of nitrogens with zero attached hydrogens (tertiary/aromatic N) is 2. The van der Waals surface area contributed by atoms with E-state index in [9.17, 15) is 0 Å². The van der Waals surface area contributed by atoms with Crippen LogP contribution in [0, 0.1) is 6.92 Å². The molecule has 0 fully saturated rings. The zero-order chi connectivity index (χ0) is 23.1. The first-order valence-corrected chi connectivity index (χ1v) is 13.1. The van der Waals surface area contributed by atoms with Gasteiger partial charge in [-0.3, -0.25) is 4.90 Å². The summed E-state index contributed by atoms with van der Waals surface area (Å²) in [5, 5.41) is 0. The lowest BCUT2D eigenvalue weighted by Crippen LogP contribution is -2.35. The molecule has 0 bridgehead atoms. The van der Waals surface area contributed by atoms with Crippen LogP contribution in [0.1, 0.15) is 56.8 Å². The Hall–Kier alpha value is -2.89. The third-order valence-electron chi connectivity index (χ3n) is 7.27. The van der Waals surface area contributed by atoms with Crippen LogP contribution in [0.4, 0.5) is 0 Å². The molecule has 6 rings (SSSR count). The quantitative estimate of drug-likeness (QED) is 0.323. The highest BCUT2D eigenvalue weighted by Crippen LogP contribution is 2.45. The van der Waals surface area contributed by atoms with Gasteiger partial charge >= 0.3 is 0 Å². The lowest BCUT2D eigenvalue weighted by Gasteiger charge is -2.36. The average molecular weight is 471 g/mol. The predicted octanol–water partition coefficient (Wildman–Crippen LogP) is 6.75. The maximum Gasteiger partial charge on any atom is 0.230 e. The Morgan fingerprint density at radius 1 is 1.00 bits per heavy atom. The second-order valence-electron chi connectivity index (χ2n) is 9.31.